The van der Waals surface area contributed by atoms with E-state index in [0.717, 1.165) is 24.3 Å². The Morgan fingerprint density at radius 1 is 1.13 bits per heavy atom. The molecule has 1 fully saturated rings. The molecule has 0 spiro atoms. The molecular formula is C22H22N8O. The second kappa shape index (κ2) is 8.49. The average Bonchev–Trinajstić information content (AvgIpc) is 3.24. The Morgan fingerprint density at radius 3 is 2.84 bits per heavy atom. The quantitative estimate of drug-likeness (QED) is 0.396. The lowest BCUT2D eigenvalue weighted by Crippen LogP contribution is -2.37. The zero-order valence-corrected chi connectivity index (χ0v) is 17.1. The highest BCUT2D eigenvalue weighted by Gasteiger charge is 2.19. The molecule has 0 aliphatic carbocycles. The standard InChI is InChI=1S/C22H22N8O/c1-16-4-2-5-17(12-16)13-25-28-20-19-21(27-22(26-20)29-8-10-31-11-9-29)30(15-24-19)18-6-3-7-23-14-18/h2-7,12-15H,8-11H2,1H3,(H,26,27,28). The molecule has 9 heteroatoms. The maximum atomic E-state index is 5.48. The number of hydrogen-bond donors (Lipinski definition) is 1. The van der Waals surface area contributed by atoms with E-state index in [1.807, 2.05) is 28.8 Å². The summed E-state index contributed by atoms with van der Waals surface area (Å²) < 4.78 is 7.38. The Balaban J connectivity index is 1.54. The van der Waals surface area contributed by atoms with Gasteiger partial charge in [-0.05, 0) is 24.6 Å². The molecule has 4 heterocycles. The number of nitrogens with one attached hydrogen (secondary N) is 1. The van der Waals surface area contributed by atoms with E-state index in [9.17, 15) is 0 Å². The number of rotatable bonds is 5. The number of pyridine rings is 1. The fraction of sp³-hybridized carbons (Fsp3) is 0.227. The van der Waals surface area contributed by atoms with Gasteiger partial charge >= 0.3 is 0 Å². The molecule has 0 bridgehead atoms. The van der Waals surface area contributed by atoms with Crippen molar-refractivity contribution < 1.29 is 4.74 Å². The van der Waals surface area contributed by atoms with Gasteiger partial charge in [-0.15, -0.1) is 0 Å². The Labute approximate surface area is 179 Å². The van der Waals surface area contributed by atoms with E-state index in [2.05, 4.69) is 44.5 Å². The van der Waals surface area contributed by atoms with Gasteiger partial charge in [-0.25, -0.2) is 4.98 Å². The highest BCUT2D eigenvalue weighted by atomic mass is 16.5. The summed E-state index contributed by atoms with van der Waals surface area (Å²) in [4.78, 5) is 20.4. The van der Waals surface area contributed by atoms with Gasteiger partial charge in [0.1, 0.15) is 6.33 Å². The summed E-state index contributed by atoms with van der Waals surface area (Å²) in [6, 6.07) is 12.0. The first-order chi connectivity index (χ1) is 15.3. The number of aryl methyl sites for hydroxylation is 1. The van der Waals surface area contributed by atoms with Gasteiger partial charge in [0.15, 0.2) is 17.0 Å². The number of hydrazone groups is 1. The number of benzene rings is 1. The van der Waals surface area contributed by atoms with E-state index in [1.54, 1.807) is 24.9 Å². The van der Waals surface area contributed by atoms with Crippen LogP contribution in [0.1, 0.15) is 11.1 Å². The number of ether oxygens (including phenoxy) is 1. The summed E-state index contributed by atoms with van der Waals surface area (Å²) in [6.07, 6.45) is 7.02. The van der Waals surface area contributed by atoms with Gasteiger partial charge in [-0.2, -0.15) is 15.1 Å². The number of morpholine rings is 1. The Hall–Kier alpha value is -3.85. The molecule has 0 radical (unpaired) electrons. The molecule has 0 atom stereocenters. The molecule has 1 aliphatic heterocycles. The Kier molecular flexibility index (Phi) is 5.24. The SMILES string of the molecule is Cc1cccc(C=NNc2nc(N3CCOCC3)nc3c2ncn3-c2cccnc2)c1. The summed E-state index contributed by atoms with van der Waals surface area (Å²) in [6.45, 7) is 4.82. The number of fused-ring (bicyclic) bond motifs is 1. The fourth-order valence-electron chi connectivity index (χ4n) is 3.47. The highest BCUT2D eigenvalue weighted by molar-refractivity contribution is 5.87. The minimum atomic E-state index is 0.554. The molecule has 4 aromatic rings. The van der Waals surface area contributed by atoms with Crippen LogP contribution in [0.4, 0.5) is 11.8 Å². The molecule has 31 heavy (non-hydrogen) atoms. The predicted molar refractivity (Wildman–Crippen MR) is 120 cm³/mol. The van der Waals surface area contributed by atoms with Crippen LogP contribution >= 0.6 is 0 Å². The zero-order chi connectivity index (χ0) is 21.0. The smallest absolute Gasteiger partial charge is 0.229 e. The number of nitrogens with zero attached hydrogens (tertiary/aromatic N) is 7. The van der Waals surface area contributed by atoms with Crippen molar-refractivity contribution >= 4 is 29.1 Å². The molecule has 0 saturated carbocycles. The highest BCUT2D eigenvalue weighted by Crippen LogP contribution is 2.25. The molecule has 9 nitrogen and oxygen atoms in total. The first-order valence-electron chi connectivity index (χ1n) is 10.1. The average molecular weight is 414 g/mol. The van der Waals surface area contributed by atoms with E-state index < -0.39 is 0 Å². The molecular weight excluding hydrogens is 392 g/mol. The number of anilines is 2. The van der Waals surface area contributed by atoms with Crippen LogP contribution in [0.25, 0.3) is 16.9 Å². The van der Waals surface area contributed by atoms with Gasteiger partial charge in [-0.3, -0.25) is 15.0 Å². The monoisotopic (exact) mass is 414 g/mol. The maximum Gasteiger partial charge on any atom is 0.229 e. The number of aromatic nitrogens is 5. The van der Waals surface area contributed by atoms with Crippen LogP contribution in [-0.4, -0.2) is 57.0 Å². The number of hydrogen-bond acceptors (Lipinski definition) is 8. The molecule has 5 rings (SSSR count). The van der Waals surface area contributed by atoms with Crippen LogP contribution < -0.4 is 10.3 Å². The summed E-state index contributed by atoms with van der Waals surface area (Å²) >= 11 is 0. The van der Waals surface area contributed by atoms with Gasteiger partial charge in [0, 0.05) is 19.3 Å². The molecule has 1 N–H and O–H groups in total. The third-order valence-electron chi connectivity index (χ3n) is 5.03. The second-order valence-corrected chi connectivity index (χ2v) is 7.25. The lowest BCUT2D eigenvalue weighted by Gasteiger charge is -2.27. The van der Waals surface area contributed by atoms with Crippen molar-refractivity contribution in [2.45, 2.75) is 6.92 Å². The lowest BCUT2D eigenvalue weighted by molar-refractivity contribution is 0.122. The molecule has 0 amide bonds. The largest absolute Gasteiger partial charge is 0.378 e. The first-order valence-corrected chi connectivity index (χ1v) is 10.1. The lowest BCUT2D eigenvalue weighted by atomic mass is 10.2. The molecule has 1 aromatic carbocycles. The van der Waals surface area contributed by atoms with Crippen molar-refractivity contribution in [3.63, 3.8) is 0 Å². The van der Waals surface area contributed by atoms with Crippen molar-refractivity contribution in [1.29, 1.82) is 0 Å². The minimum Gasteiger partial charge on any atom is -0.378 e. The first kappa shape index (κ1) is 19.1. The van der Waals surface area contributed by atoms with Gasteiger partial charge < -0.3 is 9.64 Å². The Bertz CT molecular complexity index is 1210. The van der Waals surface area contributed by atoms with Gasteiger partial charge in [0.05, 0.1) is 31.3 Å². The van der Waals surface area contributed by atoms with Crippen molar-refractivity contribution in [2.24, 2.45) is 5.10 Å². The van der Waals surface area contributed by atoms with Gasteiger partial charge in [0.25, 0.3) is 0 Å². The topological polar surface area (TPSA) is 93.4 Å². The molecule has 1 aliphatic rings. The summed E-state index contributed by atoms with van der Waals surface area (Å²) in [5, 5.41) is 4.40. The zero-order valence-electron chi connectivity index (χ0n) is 17.1. The van der Waals surface area contributed by atoms with Crippen molar-refractivity contribution in [3.8, 4) is 5.69 Å². The summed E-state index contributed by atoms with van der Waals surface area (Å²) in [7, 11) is 0. The minimum absolute atomic E-state index is 0.554. The third-order valence-corrected chi connectivity index (χ3v) is 5.03. The van der Waals surface area contributed by atoms with Crippen molar-refractivity contribution in [2.75, 3.05) is 36.6 Å². The normalized spacial score (nSPS) is 14.4. The van der Waals surface area contributed by atoms with Crippen LogP contribution in [-0.2, 0) is 4.74 Å². The van der Waals surface area contributed by atoms with Crippen molar-refractivity contribution in [1.82, 2.24) is 24.5 Å². The van der Waals surface area contributed by atoms with E-state index in [-0.39, 0.29) is 0 Å². The van der Waals surface area contributed by atoms with E-state index >= 15 is 0 Å². The van der Waals surface area contributed by atoms with Gasteiger partial charge in [0.2, 0.25) is 5.95 Å². The molecule has 1 saturated heterocycles. The van der Waals surface area contributed by atoms with Crippen LogP contribution in [0.3, 0.4) is 0 Å². The second-order valence-electron chi connectivity index (χ2n) is 7.25. The van der Waals surface area contributed by atoms with Crippen LogP contribution in [0, 0.1) is 6.92 Å². The van der Waals surface area contributed by atoms with Crippen LogP contribution in [0.15, 0.2) is 60.2 Å². The third kappa shape index (κ3) is 4.08. The fourth-order valence-corrected chi connectivity index (χ4v) is 3.47. The van der Waals surface area contributed by atoms with Gasteiger partial charge in [-0.1, -0.05) is 29.8 Å². The van der Waals surface area contributed by atoms with E-state index in [1.165, 1.54) is 5.56 Å². The van der Waals surface area contributed by atoms with Crippen LogP contribution in [0.2, 0.25) is 0 Å². The molecule has 3 aromatic heterocycles. The molecule has 0 unspecified atom stereocenters. The summed E-state index contributed by atoms with van der Waals surface area (Å²) in [5.74, 6) is 1.17. The Morgan fingerprint density at radius 2 is 2.03 bits per heavy atom. The summed E-state index contributed by atoms with van der Waals surface area (Å²) in [5.41, 5.74) is 7.47. The number of imidazole rings is 1. The van der Waals surface area contributed by atoms with Crippen molar-refractivity contribution in [3.05, 3.63) is 66.2 Å². The maximum absolute atomic E-state index is 5.48. The van der Waals surface area contributed by atoms with E-state index in [0.29, 0.717) is 36.1 Å². The van der Waals surface area contributed by atoms with Crippen LogP contribution in [0.5, 0.6) is 0 Å². The molecule has 156 valence electrons. The van der Waals surface area contributed by atoms with E-state index in [4.69, 9.17) is 14.7 Å². The predicted octanol–water partition coefficient (Wildman–Crippen LogP) is 2.80.